The van der Waals surface area contributed by atoms with E-state index in [4.69, 9.17) is 8.83 Å². The summed E-state index contributed by atoms with van der Waals surface area (Å²) in [6, 6.07) is 18.2. The maximum Gasteiger partial charge on any atom is 0.237 e. The average Bonchev–Trinajstić information content (AvgIpc) is 4.05. The van der Waals surface area contributed by atoms with E-state index in [1.54, 1.807) is 36.4 Å². The van der Waals surface area contributed by atoms with Crippen molar-refractivity contribution in [3.8, 4) is 21.5 Å². The molecule has 10 rings (SSSR count). The zero-order valence-corrected chi connectivity index (χ0v) is 30.7. The Bertz CT molecular complexity index is 3220. The fourth-order valence-electron chi connectivity index (χ4n) is 6.76. The Kier molecular flexibility index (Phi) is 8.28. The second-order valence-electron chi connectivity index (χ2n) is 13.3. The summed E-state index contributed by atoms with van der Waals surface area (Å²) in [6.45, 7) is 0. The van der Waals surface area contributed by atoms with E-state index in [0.29, 0.717) is 62.9 Å². The van der Waals surface area contributed by atoms with Crippen molar-refractivity contribution in [3.05, 3.63) is 153 Å². The molecule has 0 bridgehead atoms. The van der Waals surface area contributed by atoms with Crippen LogP contribution in [0.3, 0.4) is 0 Å². The standard InChI is InChI=1S/C42H12F10N2O4S2/c43-29-27(30(44)34(48)37(51)33(29)47)39(55)15-3-1-13-9-25(59-23(13)11-15)41-53-19-5-17-8-22-20(6-18(17)7-21(19)57-41)54-42(58-22)26-10-14-2-4-16(12-24(14)60-26)40(56)28-31(45)35(49)38(52)36(50)32(28)46/h1-12H. The Morgan fingerprint density at radius 2 is 0.767 bits per heavy atom. The molecular formula is C42H12F10N2O4S2. The lowest BCUT2D eigenvalue weighted by atomic mass is 10.0. The first-order valence-corrected chi connectivity index (χ1v) is 18.6. The van der Waals surface area contributed by atoms with Crippen molar-refractivity contribution in [1.29, 1.82) is 0 Å². The van der Waals surface area contributed by atoms with Crippen molar-refractivity contribution >= 4 is 87.4 Å². The third-order valence-corrected chi connectivity index (χ3v) is 11.9. The number of carbonyl (C=O) groups is 2. The highest BCUT2D eigenvalue weighted by molar-refractivity contribution is 7.22. The number of nitrogens with zero attached hydrogens (tertiary/aromatic N) is 2. The Morgan fingerprint density at radius 1 is 0.417 bits per heavy atom. The summed E-state index contributed by atoms with van der Waals surface area (Å²) in [5.41, 5.74) is -2.07. The van der Waals surface area contributed by atoms with Crippen LogP contribution in [0.5, 0.6) is 0 Å². The summed E-state index contributed by atoms with van der Waals surface area (Å²) in [6.07, 6.45) is 0. The van der Waals surface area contributed by atoms with E-state index >= 15 is 0 Å². The van der Waals surface area contributed by atoms with E-state index in [9.17, 15) is 53.5 Å². The van der Waals surface area contributed by atoms with Crippen LogP contribution >= 0.6 is 22.7 Å². The van der Waals surface area contributed by atoms with E-state index < -0.39 is 80.9 Å². The molecule has 0 saturated carbocycles. The van der Waals surface area contributed by atoms with Gasteiger partial charge < -0.3 is 8.83 Å². The monoisotopic (exact) mass is 862 g/mol. The number of aromatic nitrogens is 2. The smallest absolute Gasteiger partial charge is 0.237 e. The van der Waals surface area contributed by atoms with Gasteiger partial charge in [-0.2, -0.15) is 0 Å². The minimum absolute atomic E-state index is 0.195. The molecule has 0 radical (unpaired) electrons. The van der Waals surface area contributed by atoms with Crippen LogP contribution in [-0.4, -0.2) is 21.5 Å². The van der Waals surface area contributed by atoms with Crippen LogP contribution in [-0.2, 0) is 0 Å². The van der Waals surface area contributed by atoms with Gasteiger partial charge in [0.1, 0.15) is 22.2 Å². The third-order valence-electron chi connectivity index (χ3n) is 9.71. The zero-order valence-electron chi connectivity index (χ0n) is 29.1. The molecule has 0 atom stereocenters. The number of hydrogen-bond donors (Lipinski definition) is 0. The normalized spacial score (nSPS) is 12.0. The predicted molar refractivity (Wildman–Crippen MR) is 200 cm³/mol. The number of halogens is 10. The second-order valence-corrected chi connectivity index (χ2v) is 15.5. The molecule has 6 aromatic carbocycles. The lowest BCUT2D eigenvalue weighted by Gasteiger charge is -2.07. The molecule has 10 aromatic rings. The summed E-state index contributed by atoms with van der Waals surface area (Å²) < 4.78 is 153. The van der Waals surface area contributed by atoms with Gasteiger partial charge in [-0.05, 0) is 70.1 Å². The maximum atomic E-state index is 14.4. The highest BCUT2D eigenvalue weighted by Gasteiger charge is 2.32. The van der Waals surface area contributed by atoms with Gasteiger partial charge in [0, 0.05) is 20.5 Å². The quantitative estimate of drug-likeness (QED) is 0.0716. The van der Waals surface area contributed by atoms with Gasteiger partial charge in [0.2, 0.25) is 23.4 Å². The van der Waals surface area contributed by atoms with Gasteiger partial charge >= 0.3 is 0 Å². The van der Waals surface area contributed by atoms with E-state index in [2.05, 4.69) is 9.97 Å². The fourth-order valence-corrected chi connectivity index (χ4v) is 8.81. The summed E-state index contributed by atoms with van der Waals surface area (Å²) in [7, 11) is 0. The Balaban J connectivity index is 0.943. The molecule has 0 N–H and O–H groups in total. The van der Waals surface area contributed by atoms with Crippen LogP contribution in [0.1, 0.15) is 31.8 Å². The Hall–Kier alpha value is -6.92. The lowest BCUT2D eigenvalue weighted by Crippen LogP contribution is -2.13. The SMILES string of the molecule is O=C(c1ccc2cc(-c3nc4cc5cc6oc(-c7cc8ccc(C(=O)c9c(F)c(F)c(F)c(F)c9F)cc8s7)nc6cc5cc4o3)sc2c1)c1c(F)c(F)c(F)c(F)c1F. The van der Waals surface area contributed by atoms with Crippen molar-refractivity contribution in [3.63, 3.8) is 0 Å². The van der Waals surface area contributed by atoms with E-state index in [-0.39, 0.29) is 22.9 Å². The second kappa shape index (κ2) is 13.3. The van der Waals surface area contributed by atoms with Crippen LogP contribution in [0, 0.1) is 58.2 Å². The first-order chi connectivity index (χ1) is 28.7. The minimum Gasteiger partial charge on any atom is -0.435 e. The summed E-state index contributed by atoms with van der Waals surface area (Å²) >= 11 is 2.21. The van der Waals surface area contributed by atoms with Crippen LogP contribution < -0.4 is 0 Å². The van der Waals surface area contributed by atoms with Gasteiger partial charge in [-0.3, -0.25) is 9.59 Å². The van der Waals surface area contributed by atoms with Crippen molar-refractivity contribution in [2.24, 2.45) is 0 Å². The largest absolute Gasteiger partial charge is 0.435 e. The maximum absolute atomic E-state index is 14.4. The number of thiophene rings is 2. The molecule has 0 aliphatic rings. The number of ketones is 2. The number of fused-ring (bicyclic) bond motifs is 5. The highest BCUT2D eigenvalue weighted by Crippen LogP contribution is 2.40. The molecule has 0 saturated heterocycles. The van der Waals surface area contributed by atoms with Gasteiger partial charge in [-0.15, -0.1) is 22.7 Å². The molecule has 0 aliphatic heterocycles. The predicted octanol–water partition coefficient (Wildman–Crippen LogP) is 12.7. The number of carbonyl (C=O) groups excluding carboxylic acids is 2. The van der Waals surface area contributed by atoms with Crippen molar-refractivity contribution in [2.75, 3.05) is 0 Å². The summed E-state index contributed by atoms with van der Waals surface area (Å²) in [5, 5.41) is 2.54. The summed E-state index contributed by atoms with van der Waals surface area (Å²) in [4.78, 5) is 36.1. The topological polar surface area (TPSA) is 86.2 Å². The van der Waals surface area contributed by atoms with Gasteiger partial charge in [0.15, 0.2) is 69.3 Å². The highest BCUT2D eigenvalue weighted by atomic mass is 32.1. The Morgan fingerprint density at radius 3 is 1.13 bits per heavy atom. The third kappa shape index (κ3) is 5.61. The van der Waals surface area contributed by atoms with Crippen molar-refractivity contribution in [2.45, 2.75) is 0 Å². The molecule has 4 heterocycles. The van der Waals surface area contributed by atoms with E-state index in [1.807, 2.05) is 0 Å². The molecule has 18 heteroatoms. The van der Waals surface area contributed by atoms with Gasteiger partial charge in [0.05, 0.1) is 9.75 Å². The number of hydrogen-bond acceptors (Lipinski definition) is 8. The van der Waals surface area contributed by atoms with Crippen LogP contribution in [0.2, 0.25) is 0 Å². The first-order valence-electron chi connectivity index (χ1n) is 17.0. The van der Waals surface area contributed by atoms with E-state index in [0.717, 1.165) is 22.7 Å². The molecule has 60 heavy (non-hydrogen) atoms. The van der Waals surface area contributed by atoms with Gasteiger partial charge in [-0.1, -0.05) is 24.3 Å². The van der Waals surface area contributed by atoms with Gasteiger partial charge in [0.25, 0.3) is 0 Å². The molecule has 4 aromatic heterocycles. The molecule has 0 unspecified atom stereocenters. The van der Waals surface area contributed by atoms with Crippen LogP contribution in [0.25, 0.3) is 74.7 Å². The molecule has 0 aliphatic carbocycles. The van der Waals surface area contributed by atoms with Crippen LogP contribution in [0.4, 0.5) is 43.9 Å². The molecule has 0 fully saturated rings. The molecule has 296 valence electrons. The molecule has 0 amide bonds. The molecule has 0 spiro atoms. The first kappa shape index (κ1) is 37.4. The number of oxazole rings is 2. The van der Waals surface area contributed by atoms with Crippen molar-refractivity contribution in [1.82, 2.24) is 9.97 Å². The van der Waals surface area contributed by atoms with E-state index in [1.165, 1.54) is 36.4 Å². The fraction of sp³-hybridized carbons (Fsp3) is 0. The number of benzene rings is 6. The molecular weight excluding hydrogens is 851 g/mol. The zero-order chi connectivity index (χ0) is 42.0. The molecule has 6 nitrogen and oxygen atoms in total. The van der Waals surface area contributed by atoms with Crippen LogP contribution in [0.15, 0.2) is 81.6 Å². The van der Waals surface area contributed by atoms with Crippen molar-refractivity contribution < 1.29 is 62.3 Å². The lowest BCUT2D eigenvalue weighted by molar-refractivity contribution is 0.102. The van der Waals surface area contributed by atoms with Gasteiger partial charge in [-0.25, -0.2) is 53.9 Å². The Labute approximate surface area is 333 Å². The number of rotatable bonds is 6. The summed E-state index contributed by atoms with van der Waals surface area (Å²) in [5.74, 6) is -25.0. The average molecular weight is 863 g/mol. The minimum atomic E-state index is -2.37.